The Morgan fingerprint density at radius 2 is 1.91 bits per heavy atom. The van der Waals surface area contributed by atoms with Gasteiger partial charge in [-0.05, 0) is 32.8 Å². The molecule has 0 aliphatic rings. The van der Waals surface area contributed by atoms with Crippen molar-refractivity contribution in [2.75, 3.05) is 20.6 Å². The van der Waals surface area contributed by atoms with Crippen LogP contribution < -0.4 is 5.32 Å². The second kappa shape index (κ2) is 8.11. The summed E-state index contributed by atoms with van der Waals surface area (Å²) < 4.78 is 0. The number of hydrogen-bond donors (Lipinski definition) is 1. The highest BCUT2D eigenvalue weighted by atomic mass is 32.1. The van der Waals surface area contributed by atoms with Crippen molar-refractivity contribution in [3.8, 4) is 0 Å². The highest BCUT2D eigenvalue weighted by Gasteiger charge is 2.08. The van der Waals surface area contributed by atoms with E-state index in [1.165, 1.54) is 16.7 Å². The zero-order valence-electron chi connectivity index (χ0n) is 14.7. The molecule has 0 saturated carbocycles. The van der Waals surface area contributed by atoms with E-state index in [0.29, 0.717) is 0 Å². The SMILES string of the molecule is CN=C(NCCc1cc(C)cc(C)c1)N(C)Cc1csc(C)n1. The lowest BCUT2D eigenvalue weighted by atomic mass is 10.1. The number of aryl methyl sites for hydroxylation is 3. The summed E-state index contributed by atoms with van der Waals surface area (Å²) in [5.74, 6) is 0.903. The van der Waals surface area contributed by atoms with Crippen molar-refractivity contribution < 1.29 is 0 Å². The fraction of sp³-hybridized carbons (Fsp3) is 0.444. The van der Waals surface area contributed by atoms with Crippen LogP contribution in [0, 0.1) is 20.8 Å². The van der Waals surface area contributed by atoms with Crippen LogP contribution in [-0.4, -0.2) is 36.5 Å². The highest BCUT2D eigenvalue weighted by molar-refractivity contribution is 7.09. The van der Waals surface area contributed by atoms with Crippen LogP contribution in [-0.2, 0) is 13.0 Å². The van der Waals surface area contributed by atoms with Gasteiger partial charge in [-0.3, -0.25) is 4.99 Å². The first-order valence-electron chi connectivity index (χ1n) is 7.88. The lowest BCUT2D eigenvalue weighted by Crippen LogP contribution is -2.39. The summed E-state index contributed by atoms with van der Waals surface area (Å²) in [5.41, 5.74) is 5.09. The maximum Gasteiger partial charge on any atom is 0.193 e. The minimum atomic E-state index is 0.771. The summed E-state index contributed by atoms with van der Waals surface area (Å²) in [6, 6.07) is 6.71. The Bertz CT molecular complexity index is 655. The number of nitrogens with zero attached hydrogens (tertiary/aromatic N) is 3. The van der Waals surface area contributed by atoms with Crippen molar-refractivity contribution in [1.82, 2.24) is 15.2 Å². The van der Waals surface area contributed by atoms with E-state index < -0.39 is 0 Å². The van der Waals surface area contributed by atoms with Crippen LogP contribution in [0.15, 0.2) is 28.6 Å². The number of hydrogen-bond acceptors (Lipinski definition) is 3. The predicted octanol–water partition coefficient (Wildman–Crippen LogP) is 3.32. The number of thiazole rings is 1. The van der Waals surface area contributed by atoms with Gasteiger partial charge in [0.05, 0.1) is 17.2 Å². The van der Waals surface area contributed by atoms with Crippen LogP contribution >= 0.6 is 11.3 Å². The zero-order valence-corrected chi connectivity index (χ0v) is 15.5. The summed E-state index contributed by atoms with van der Waals surface area (Å²) in [6.07, 6.45) is 0.991. The van der Waals surface area contributed by atoms with Gasteiger partial charge in [0.25, 0.3) is 0 Å². The van der Waals surface area contributed by atoms with Gasteiger partial charge in [0, 0.05) is 26.0 Å². The second-order valence-corrected chi connectivity index (χ2v) is 7.00. The van der Waals surface area contributed by atoms with Crippen molar-refractivity contribution >= 4 is 17.3 Å². The molecule has 0 unspecified atom stereocenters. The first kappa shape index (κ1) is 17.5. The van der Waals surface area contributed by atoms with E-state index in [0.717, 1.165) is 36.2 Å². The molecule has 5 heteroatoms. The maximum absolute atomic E-state index is 4.51. The molecule has 0 spiro atoms. The molecule has 23 heavy (non-hydrogen) atoms. The van der Waals surface area contributed by atoms with Crippen molar-refractivity contribution in [2.24, 2.45) is 4.99 Å². The van der Waals surface area contributed by atoms with Gasteiger partial charge < -0.3 is 10.2 Å². The lowest BCUT2D eigenvalue weighted by molar-refractivity contribution is 0.471. The smallest absolute Gasteiger partial charge is 0.193 e. The van der Waals surface area contributed by atoms with Crippen LogP contribution in [0.3, 0.4) is 0 Å². The van der Waals surface area contributed by atoms with Gasteiger partial charge in [-0.1, -0.05) is 29.3 Å². The molecule has 1 aromatic carbocycles. The lowest BCUT2D eigenvalue weighted by Gasteiger charge is -2.21. The van der Waals surface area contributed by atoms with Gasteiger partial charge in [-0.25, -0.2) is 4.98 Å². The number of guanidine groups is 1. The number of nitrogens with one attached hydrogen (secondary N) is 1. The van der Waals surface area contributed by atoms with E-state index in [9.17, 15) is 0 Å². The third-order valence-corrected chi connectivity index (χ3v) is 4.44. The molecule has 0 atom stereocenters. The third kappa shape index (κ3) is 5.36. The molecule has 0 amide bonds. The Labute approximate surface area is 143 Å². The normalized spacial score (nSPS) is 11.6. The molecule has 0 aliphatic heterocycles. The van der Waals surface area contributed by atoms with E-state index in [1.807, 2.05) is 21.0 Å². The third-order valence-electron chi connectivity index (χ3n) is 3.62. The monoisotopic (exact) mass is 330 g/mol. The molecular formula is C18H26N4S. The summed E-state index contributed by atoms with van der Waals surface area (Å²) in [7, 11) is 3.86. The van der Waals surface area contributed by atoms with Gasteiger partial charge >= 0.3 is 0 Å². The molecule has 0 bridgehead atoms. The summed E-state index contributed by atoms with van der Waals surface area (Å²) >= 11 is 1.69. The minimum Gasteiger partial charge on any atom is -0.356 e. The number of aliphatic imine (C=N–C) groups is 1. The molecule has 0 radical (unpaired) electrons. The van der Waals surface area contributed by atoms with Gasteiger partial charge in [-0.15, -0.1) is 11.3 Å². The Balaban J connectivity index is 1.87. The Kier molecular flexibility index (Phi) is 6.16. The first-order chi connectivity index (χ1) is 11.0. The summed E-state index contributed by atoms with van der Waals surface area (Å²) in [6.45, 7) is 7.97. The van der Waals surface area contributed by atoms with Gasteiger partial charge in [0.15, 0.2) is 5.96 Å². The quantitative estimate of drug-likeness (QED) is 0.675. The molecule has 2 aromatic rings. The van der Waals surface area contributed by atoms with E-state index in [2.05, 4.69) is 57.6 Å². The Morgan fingerprint density at radius 3 is 2.48 bits per heavy atom. The highest BCUT2D eigenvalue weighted by Crippen LogP contribution is 2.10. The van der Waals surface area contributed by atoms with Gasteiger partial charge in [-0.2, -0.15) is 0 Å². The van der Waals surface area contributed by atoms with Crippen LogP contribution in [0.25, 0.3) is 0 Å². The van der Waals surface area contributed by atoms with Crippen LogP contribution in [0.4, 0.5) is 0 Å². The fourth-order valence-corrected chi connectivity index (χ4v) is 3.32. The molecule has 1 heterocycles. The van der Waals surface area contributed by atoms with E-state index in [-0.39, 0.29) is 0 Å². The minimum absolute atomic E-state index is 0.771. The van der Waals surface area contributed by atoms with Crippen LogP contribution in [0.2, 0.25) is 0 Å². The van der Waals surface area contributed by atoms with E-state index >= 15 is 0 Å². The van der Waals surface area contributed by atoms with Gasteiger partial charge in [0.2, 0.25) is 0 Å². The average molecular weight is 331 g/mol. The summed E-state index contributed by atoms with van der Waals surface area (Å²) in [5, 5.41) is 6.64. The second-order valence-electron chi connectivity index (χ2n) is 5.93. The molecule has 2 rings (SSSR count). The van der Waals surface area contributed by atoms with Crippen molar-refractivity contribution in [3.63, 3.8) is 0 Å². The number of aromatic nitrogens is 1. The first-order valence-corrected chi connectivity index (χ1v) is 8.76. The van der Waals surface area contributed by atoms with E-state index in [4.69, 9.17) is 0 Å². The summed E-state index contributed by atoms with van der Waals surface area (Å²) in [4.78, 5) is 11.0. The molecule has 0 saturated heterocycles. The molecule has 0 aliphatic carbocycles. The Morgan fingerprint density at radius 1 is 1.22 bits per heavy atom. The molecule has 0 fully saturated rings. The molecule has 4 nitrogen and oxygen atoms in total. The van der Waals surface area contributed by atoms with Crippen molar-refractivity contribution in [1.29, 1.82) is 0 Å². The zero-order chi connectivity index (χ0) is 16.8. The van der Waals surface area contributed by atoms with Crippen molar-refractivity contribution in [2.45, 2.75) is 33.7 Å². The standard InChI is InChI=1S/C18H26N4S/c1-13-8-14(2)10-16(9-13)6-7-20-18(19-4)22(5)11-17-12-23-15(3)21-17/h8-10,12H,6-7,11H2,1-5H3,(H,19,20). The number of benzene rings is 1. The van der Waals surface area contributed by atoms with Crippen molar-refractivity contribution in [3.05, 3.63) is 51.0 Å². The van der Waals surface area contributed by atoms with Crippen LogP contribution in [0.5, 0.6) is 0 Å². The maximum atomic E-state index is 4.51. The predicted molar refractivity (Wildman–Crippen MR) is 99.3 cm³/mol. The topological polar surface area (TPSA) is 40.5 Å². The van der Waals surface area contributed by atoms with E-state index in [1.54, 1.807) is 11.3 Å². The molecule has 1 N–H and O–H groups in total. The molecule has 1 aromatic heterocycles. The largest absolute Gasteiger partial charge is 0.356 e. The molecule has 124 valence electrons. The molecular weight excluding hydrogens is 304 g/mol. The fourth-order valence-electron chi connectivity index (χ4n) is 2.72. The van der Waals surface area contributed by atoms with Crippen LogP contribution in [0.1, 0.15) is 27.4 Å². The van der Waals surface area contributed by atoms with Gasteiger partial charge in [0.1, 0.15) is 0 Å². The average Bonchev–Trinajstić information content (AvgIpc) is 2.87. The Hall–Kier alpha value is -1.88. The number of rotatable bonds is 5.